The molecule has 0 aliphatic rings. The maximum atomic E-state index is 11.6. The second-order valence-electron chi connectivity index (χ2n) is 5.41. The average molecular weight is 326 g/mol. The third-order valence-electron chi connectivity index (χ3n) is 3.23. The molecule has 0 radical (unpaired) electrons. The van der Waals surface area contributed by atoms with Crippen molar-refractivity contribution in [1.82, 2.24) is 5.32 Å². The van der Waals surface area contributed by atoms with Gasteiger partial charge < -0.3 is 5.32 Å². The molecular weight excluding hydrogens is 304 g/mol. The topological polar surface area (TPSA) is 106 Å². The van der Waals surface area contributed by atoms with Gasteiger partial charge in [-0.1, -0.05) is 26.0 Å². The van der Waals surface area contributed by atoms with Crippen molar-refractivity contribution in [2.45, 2.75) is 38.0 Å². The van der Waals surface area contributed by atoms with E-state index in [0.29, 0.717) is 13.0 Å². The zero-order valence-corrected chi connectivity index (χ0v) is 13.7. The zero-order chi connectivity index (χ0) is 16.8. The van der Waals surface area contributed by atoms with Crippen molar-refractivity contribution in [2.75, 3.05) is 6.54 Å². The van der Waals surface area contributed by atoms with Gasteiger partial charge in [-0.25, -0.2) is 13.6 Å². The summed E-state index contributed by atoms with van der Waals surface area (Å²) in [6, 6.07) is 6.20. The van der Waals surface area contributed by atoms with Crippen molar-refractivity contribution in [3.05, 3.63) is 29.8 Å². The summed E-state index contributed by atoms with van der Waals surface area (Å²) in [6.07, 6.45) is 1.03. The van der Waals surface area contributed by atoms with Crippen molar-refractivity contribution in [1.29, 1.82) is 0 Å². The van der Waals surface area contributed by atoms with Gasteiger partial charge in [0.2, 0.25) is 15.9 Å². The minimum Gasteiger partial charge on any atom is -0.356 e. The van der Waals surface area contributed by atoms with Crippen LogP contribution in [0.4, 0.5) is 0 Å². The third kappa shape index (κ3) is 6.36. The van der Waals surface area contributed by atoms with Gasteiger partial charge in [0.05, 0.1) is 4.90 Å². The molecule has 0 saturated heterocycles. The smallest absolute Gasteiger partial charge is 0.238 e. The van der Waals surface area contributed by atoms with Crippen LogP contribution in [-0.2, 0) is 26.0 Å². The number of carbonyl (C=O) groups is 2. The molecule has 1 aromatic carbocycles. The standard InChI is InChI=1S/C15H22N2O4S/c1-11(2)14(18)7-8-15(19)17-10-9-12-3-5-13(6-4-12)22(16,20)21/h3-6,11H,7-10H2,1-2H3,(H,17,19)(H2,16,20,21). The lowest BCUT2D eigenvalue weighted by Gasteiger charge is -2.07. The molecule has 1 amide bonds. The predicted octanol–water partition coefficient (Wildman–Crippen LogP) is 0.998. The van der Waals surface area contributed by atoms with Crippen LogP contribution < -0.4 is 10.5 Å². The van der Waals surface area contributed by atoms with Gasteiger partial charge in [0.15, 0.2) is 0 Å². The molecule has 0 aliphatic carbocycles. The Morgan fingerprint density at radius 3 is 2.23 bits per heavy atom. The van der Waals surface area contributed by atoms with Crippen molar-refractivity contribution in [3.63, 3.8) is 0 Å². The van der Waals surface area contributed by atoms with Crippen LogP contribution in [-0.4, -0.2) is 26.7 Å². The molecule has 7 heteroatoms. The number of benzene rings is 1. The molecule has 0 bridgehead atoms. The number of nitrogens with one attached hydrogen (secondary N) is 1. The number of amides is 1. The molecule has 0 aliphatic heterocycles. The highest BCUT2D eigenvalue weighted by Gasteiger charge is 2.10. The fraction of sp³-hybridized carbons (Fsp3) is 0.467. The highest BCUT2D eigenvalue weighted by molar-refractivity contribution is 7.89. The molecule has 3 N–H and O–H groups in total. The van der Waals surface area contributed by atoms with E-state index in [1.54, 1.807) is 12.1 Å². The van der Waals surface area contributed by atoms with Crippen molar-refractivity contribution in [2.24, 2.45) is 11.1 Å². The number of rotatable bonds is 8. The third-order valence-corrected chi connectivity index (χ3v) is 4.16. The largest absolute Gasteiger partial charge is 0.356 e. The summed E-state index contributed by atoms with van der Waals surface area (Å²) in [5, 5.41) is 7.75. The maximum absolute atomic E-state index is 11.6. The predicted molar refractivity (Wildman–Crippen MR) is 83.6 cm³/mol. The average Bonchev–Trinajstić information content (AvgIpc) is 2.44. The second-order valence-corrected chi connectivity index (χ2v) is 6.97. The molecule has 22 heavy (non-hydrogen) atoms. The van der Waals surface area contributed by atoms with Gasteiger partial charge >= 0.3 is 0 Å². The minimum atomic E-state index is -3.68. The number of primary sulfonamides is 1. The molecule has 6 nitrogen and oxygen atoms in total. The maximum Gasteiger partial charge on any atom is 0.238 e. The van der Waals surface area contributed by atoms with Gasteiger partial charge in [0.1, 0.15) is 5.78 Å². The number of Topliss-reactive ketones (excluding diaryl/α,β-unsaturated/α-hetero) is 1. The fourth-order valence-corrected chi connectivity index (χ4v) is 2.32. The number of nitrogens with two attached hydrogens (primary N) is 1. The summed E-state index contributed by atoms with van der Waals surface area (Å²) in [7, 11) is -3.68. The van der Waals surface area contributed by atoms with E-state index in [2.05, 4.69) is 5.32 Å². The van der Waals surface area contributed by atoms with E-state index < -0.39 is 10.0 Å². The molecule has 0 unspecified atom stereocenters. The van der Waals surface area contributed by atoms with Crippen LogP contribution in [0.2, 0.25) is 0 Å². The number of ketones is 1. The monoisotopic (exact) mass is 326 g/mol. The Bertz CT molecular complexity index is 621. The Hall–Kier alpha value is -1.73. The van der Waals surface area contributed by atoms with Gasteiger partial charge in [-0.2, -0.15) is 0 Å². The van der Waals surface area contributed by atoms with Gasteiger partial charge in [0, 0.05) is 25.3 Å². The van der Waals surface area contributed by atoms with Crippen LogP contribution >= 0.6 is 0 Å². The van der Waals surface area contributed by atoms with E-state index in [1.165, 1.54) is 12.1 Å². The number of sulfonamides is 1. The lowest BCUT2D eigenvalue weighted by atomic mass is 10.0. The SMILES string of the molecule is CC(C)C(=O)CCC(=O)NCCc1ccc(S(N)(=O)=O)cc1. The molecule has 1 aromatic rings. The Balaban J connectivity index is 2.35. The lowest BCUT2D eigenvalue weighted by molar-refractivity contribution is -0.126. The van der Waals surface area contributed by atoms with Gasteiger partial charge in [-0.3, -0.25) is 9.59 Å². The first-order valence-corrected chi connectivity index (χ1v) is 8.66. The van der Waals surface area contributed by atoms with Crippen LogP contribution in [0, 0.1) is 5.92 Å². The molecule has 0 atom stereocenters. The Labute approximate surface area is 131 Å². The molecule has 1 rings (SSSR count). The lowest BCUT2D eigenvalue weighted by Crippen LogP contribution is -2.26. The van der Waals surface area contributed by atoms with E-state index in [1.807, 2.05) is 13.8 Å². The quantitative estimate of drug-likeness (QED) is 0.743. The molecule has 122 valence electrons. The van der Waals surface area contributed by atoms with Crippen LogP contribution in [0.15, 0.2) is 29.2 Å². The Morgan fingerprint density at radius 1 is 1.14 bits per heavy atom. The fourth-order valence-electron chi connectivity index (χ4n) is 1.81. The van der Waals surface area contributed by atoms with E-state index in [0.717, 1.165) is 5.56 Å². The normalized spacial score (nSPS) is 11.5. The highest BCUT2D eigenvalue weighted by Crippen LogP contribution is 2.09. The van der Waals surface area contributed by atoms with E-state index >= 15 is 0 Å². The number of hydrogen-bond donors (Lipinski definition) is 2. The molecule has 0 fully saturated rings. The van der Waals surface area contributed by atoms with Crippen molar-refractivity contribution >= 4 is 21.7 Å². The van der Waals surface area contributed by atoms with Crippen LogP contribution in [0.25, 0.3) is 0 Å². The van der Waals surface area contributed by atoms with Gasteiger partial charge in [-0.05, 0) is 24.1 Å². The van der Waals surface area contributed by atoms with Crippen molar-refractivity contribution in [3.8, 4) is 0 Å². The van der Waals surface area contributed by atoms with Gasteiger partial charge in [0.25, 0.3) is 0 Å². The molecule has 0 heterocycles. The Kier molecular flexibility index (Phi) is 6.70. The highest BCUT2D eigenvalue weighted by atomic mass is 32.2. The number of carbonyl (C=O) groups excluding carboxylic acids is 2. The second kappa shape index (κ2) is 8.05. The summed E-state index contributed by atoms with van der Waals surface area (Å²) in [5.41, 5.74) is 0.894. The summed E-state index contributed by atoms with van der Waals surface area (Å²) in [6.45, 7) is 4.06. The summed E-state index contributed by atoms with van der Waals surface area (Å²) >= 11 is 0. The van der Waals surface area contributed by atoms with Crippen LogP contribution in [0.5, 0.6) is 0 Å². The molecule has 0 aromatic heterocycles. The van der Waals surface area contributed by atoms with Crippen LogP contribution in [0.3, 0.4) is 0 Å². The molecular formula is C15H22N2O4S. The van der Waals surface area contributed by atoms with E-state index in [4.69, 9.17) is 5.14 Å². The summed E-state index contributed by atoms with van der Waals surface area (Å²) in [5.74, 6) is -0.131. The first-order chi connectivity index (χ1) is 10.2. The zero-order valence-electron chi connectivity index (χ0n) is 12.8. The molecule has 0 spiro atoms. The number of hydrogen-bond acceptors (Lipinski definition) is 4. The Morgan fingerprint density at radius 2 is 1.73 bits per heavy atom. The first kappa shape index (κ1) is 18.3. The van der Waals surface area contributed by atoms with Crippen LogP contribution in [0.1, 0.15) is 32.3 Å². The summed E-state index contributed by atoms with van der Waals surface area (Å²) in [4.78, 5) is 23.1. The van der Waals surface area contributed by atoms with Gasteiger partial charge in [-0.15, -0.1) is 0 Å². The summed E-state index contributed by atoms with van der Waals surface area (Å²) < 4.78 is 22.2. The van der Waals surface area contributed by atoms with Crippen molar-refractivity contribution < 1.29 is 18.0 Å². The van der Waals surface area contributed by atoms with E-state index in [9.17, 15) is 18.0 Å². The molecule has 0 saturated carbocycles. The van der Waals surface area contributed by atoms with E-state index in [-0.39, 0.29) is 35.3 Å². The first-order valence-electron chi connectivity index (χ1n) is 7.11. The minimum absolute atomic E-state index is 0.0508.